The van der Waals surface area contributed by atoms with Gasteiger partial charge >= 0.3 is 0 Å². The molecule has 0 radical (unpaired) electrons. The number of rotatable bonds is 5. The lowest BCUT2D eigenvalue weighted by Crippen LogP contribution is -2.34. The average Bonchev–Trinajstić information content (AvgIpc) is 3.14. The van der Waals surface area contributed by atoms with Gasteiger partial charge in [0.05, 0.1) is 11.1 Å². The first-order valence-electron chi connectivity index (χ1n) is 7.58. The van der Waals surface area contributed by atoms with Crippen LogP contribution in [0.15, 0.2) is 22.7 Å². The van der Waals surface area contributed by atoms with E-state index in [-0.39, 0.29) is 18.4 Å². The molecule has 0 bridgehead atoms. The van der Waals surface area contributed by atoms with Crippen molar-refractivity contribution in [2.75, 3.05) is 0 Å². The van der Waals surface area contributed by atoms with Gasteiger partial charge in [-0.25, -0.2) is 8.78 Å². The number of nitrogens with zero attached hydrogens (tertiary/aromatic N) is 2. The van der Waals surface area contributed by atoms with Gasteiger partial charge in [-0.3, -0.25) is 4.79 Å². The molecule has 2 N–H and O–H groups in total. The predicted molar refractivity (Wildman–Crippen MR) is 77.6 cm³/mol. The third kappa shape index (κ3) is 3.29. The zero-order valence-electron chi connectivity index (χ0n) is 12.5. The number of ketones is 1. The Morgan fingerprint density at radius 1 is 1.30 bits per heavy atom. The van der Waals surface area contributed by atoms with Crippen molar-refractivity contribution in [1.82, 2.24) is 10.1 Å². The zero-order chi connectivity index (χ0) is 16.4. The van der Waals surface area contributed by atoms with Gasteiger partial charge < -0.3 is 10.3 Å². The molecule has 5 nitrogen and oxygen atoms in total. The number of halogens is 2. The minimum atomic E-state index is -0.868. The number of Topliss-reactive ketones (excluding diaryl/α,β-unsaturated/α-hetero) is 1. The number of aromatic nitrogens is 2. The van der Waals surface area contributed by atoms with Crippen molar-refractivity contribution in [2.24, 2.45) is 5.73 Å². The summed E-state index contributed by atoms with van der Waals surface area (Å²) in [6.45, 7) is 0. The fraction of sp³-hybridized carbons (Fsp3) is 0.438. The number of nitrogens with two attached hydrogens (primary N) is 1. The summed E-state index contributed by atoms with van der Waals surface area (Å²) >= 11 is 0. The molecule has 23 heavy (non-hydrogen) atoms. The van der Waals surface area contributed by atoms with E-state index in [1.807, 2.05) is 0 Å². The second-order valence-corrected chi connectivity index (χ2v) is 5.92. The van der Waals surface area contributed by atoms with E-state index in [1.54, 1.807) is 0 Å². The molecule has 0 saturated heterocycles. The Hall–Kier alpha value is -2.15. The van der Waals surface area contributed by atoms with E-state index in [9.17, 15) is 13.6 Å². The normalized spacial score (nSPS) is 16.7. The number of carbonyl (C=O) groups is 1. The Morgan fingerprint density at radius 2 is 2.04 bits per heavy atom. The van der Waals surface area contributed by atoms with E-state index in [0.717, 1.165) is 37.8 Å². The summed E-state index contributed by atoms with van der Waals surface area (Å²) in [5, 5.41) is 3.90. The van der Waals surface area contributed by atoms with Crippen LogP contribution in [0, 0.1) is 11.6 Å². The maximum absolute atomic E-state index is 13.6. The Morgan fingerprint density at radius 3 is 2.74 bits per heavy atom. The van der Waals surface area contributed by atoms with Crippen LogP contribution >= 0.6 is 0 Å². The molecule has 1 saturated carbocycles. The number of hydrogen-bond donors (Lipinski definition) is 1. The van der Waals surface area contributed by atoms with E-state index < -0.39 is 23.0 Å². The van der Waals surface area contributed by atoms with Crippen molar-refractivity contribution in [3.05, 3.63) is 47.1 Å². The molecular formula is C16H17F2N3O2. The monoisotopic (exact) mass is 321 g/mol. The number of aryl methyl sites for hydroxylation is 1. The quantitative estimate of drug-likeness (QED) is 0.856. The first-order valence-corrected chi connectivity index (χ1v) is 7.58. The molecular weight excluding hydrogens is 304 g/mol. The lowest BCUT2D eigenvalue weighted by atomic mass is 9.99. The molecule has 0 amide bonds. The van der Waals surface area contributed by atoms with Gasteiger partial charge in [0, 0.05) is 18.9 Å². The van der Waals surface area contributed by atoms with Crippen LogP contribution in [0.25, 0.3) is 0 Å². The molecule has 122 valence electrons. The fourth-order valence-electron chi connectivity index (χ4n) is 2.86. The van der Waals surface area contributed by atoms with E-state index in [2.05, 4.69) is 10.1 Å². The van der Waals surface area contributed by atoms with Gasteiger partial charge in [0.1, 0.15) is 11.6 Å². The molecule has 1 aromatic heterocycles. The lowest BCUT2D eigenvalue weighted by Gasteiger charge is -2.17. The molecule has 1 aliphatic carbocycles. The molecule has 7 heteroatoms. The van der Waals surface area contributed by atoms with Crippen LogP contribution < -0.4 is 5.73 Å². The van der Waals surface area contributed by atoms with Crippen molar-refractivity contribution in [3.63, 3.8) is 0 Å². The zero-order valence-corrected chi connectivity index (χ0v) is 12.5. The van der Waals surface area contributed by atoms with E-state index in [0.29, 0.717) is 17.8 Å². The number of hydrogen-bond acceptors (Lipinski definition) is 5. The number of carbonyl (C=O) groups excluding carboxylic acids is 1. The fourth-order valence-corrected chi connectivity index (χ4v) is 2.86. The van der Waals surface area contributed by atoms with Crippen LogP contribution in [-0.2, 0) is 12.0 Å². The second kappa shape index (κ2) is 6.16. The van der Waals surface area contributed by atoms with E-state index >= 15 is 0 Å². The molecule has 0 aliphatic heterocycles. The summed E-state index contributed by atoms with van der Waals surface area (Å²) in [6.07, 6.45) is 3.88. The van der Waals surface area contributed by atoms with Gasteiger partial charge in [-0.05, 0) is 25.0 Å². The largest absolute Gasteiger partial charge is 0.339 e. The maximum Gasteiger partial charge on any atom is 0.227 e. The highest BCUT2D eigenvalue weighted by Gasteiger charge is 2.35. The van der Waals surface area contributed by atoms with Crippen molar-refractivity contribution in [1.29, 1.82) is 0 Å². The maximum atomic E-state index is 13.6. The summed E-state index contributed by atoms with van der Waals surface area (Å²) in [5.41, 5.74) is 5.55. The number of benzene rings is 1. The molecule has 1 aromatic carbocycles. The third-order valence-electron chi connectivity index (χ3n) is 4.21. The van der Waals surface area contributed by atoms with Crippen molar-refractivity contribution >= 4 is 5.78 Å². The average molecular weight is 321 g/mol. The van der Waals surface area contributed by atoms with Crippen LogP contribution in [0.2, 0.25) is 0 Å². The molecule has 3 rings (SSSR count). The molecule has 0 unspecified atom stereocenters. The summed E-state index contributed by atoms with van der Waals surface area (Å²) in [7, 11) is 0. The highest BCUT2D eigenvalue weighted by Crippen LogP contribution is 2.34. The second-order valence-electron chi connectivity index (χ2n) is 5.92. The molecule has 1 aliphatic rings. The van der Waals surface area contributed by atoms with Crippen LogP contribution in [-0.4, -0.2) is 15.9 Å². The Labute approximate surface area is 131 Å². The van der Waals surface area contributed by atoms with E-state index in [1.165, 1.54) is 0 Å². The van der Waals surface area contributed by atoms with E-state index in [4.69, 9.17) is 10.3 Å². The van der Waals surface area contributed by atoms with Gasteiger partial charge in [-0.2, -0.15) is 4.98 Å². The summed E-state index contributed by atoms with van der Waals surface area (Å²) < 4.78 is 31.5. The smallest absolute Gasteiger partial charge is 0.227 e. The van der Waals surface area contributed by atoms with Gasteiger partial charge in [0.2, 0.25) is 5.89 Å². The topological polar surface area (TPSA) is 82.0 Å². The Kier molecular flexibility index (Phi) is 4.21. The molecule has 1 heterocycles. The summed E-state index contributed by atoms with van der Waals surface area (Å²) in [6, 6.07) is 2.88. The van der Waals surface area contributed by atoms with Crippen LogP contribution in [0.5, 0.6) is 0 Å². The van der Waals surface area contributed by atoms with Crippen molar-refractivity contribution < 1.29 is 18.1 Å². The van der Waals surface area contributed by atoms with Crippen LogP contribution in [0.3, 0.4) is 0 Å². The molecule has 0 spiro atoms. The van der Waals surface area contributed by atoms with Gasteiger partial charge in [0.25, 0.3) is 0 Å². The molecule has 0 atom stereocenters. The van der Waals surface area contributed by atoms with Crippen LogP contribution in [0.1, 0.15) is 54.2 Å². The first kappa shape index (κ1) is 15.7. The van der Waals surface area contributed by atoms with Gasteiger partial charge in [0.15, 0.2) is 11.6 Å². The standard InChI is InChI=1S/C16H17F2N3O2/c17-10-3-4-11(12(18)9-10)13(22)5-6-14-20-15(21-23-14)16(19)7-1-2-8-16/h3-4,9H,1-2,5-8,19H2. The SMILES string of the molecule is NC1(c2noc(CCC(=O)c3ccc(F)cc3F)n2)CCCC1. The predicted octanol–water partition coefficient (Wildman–Crippen LogP) is 2.89. The van der Waals surface area contributed by atoms with Crippen molar-refractivity contribution in [3.8, 4) is 0 Å². The minimum Gasteiger partial charge on any atom is -0.339 e. The highest BCUT2D eigenvalue weighted by atomic mass is 19.1. The minimum absolute atomic E-state index is 0.00174. The summed E-state index contributed by atoms with van der Waals surface area (Å²) in [4.78, 5) is 16.3. The van der Waals surface area contributed by atoms with Crippen molar-refractivity contribution in [2.45, 2.75) is 44.1 Å². The Balaban J connectivity index is 1.64. The summed E-state index contributed by atoms with van der Waals surface area (Å²) in [5.74, 6) is -1.26. The van der Waals surface area contributed by atoms with Crippen LogP contribution in [0.4, 0.5) is 8.78 Å². The Bertz CT molecular complexity index is 724. The highest BCUT2D eigenvalue weighted by molar-refractivity contribution is 5.96. The molecule has 1 fully saturated rings. The third-order valence-corrected chi connectivity index (χ3v) is 4.21. The van der Waals surface area contributed by atoms with Gasteiger partial charge in [-0.1, -0.05) is 18.0 Å². The first-order chi connectivity index (χ1) is 11.0. The lowest BCUT2D eigenvalue weighted by molar-refractivity contribution is 0.0975. The molecule has 2 aromatic rings. The van der Waals surface area contributed by atoms with Gasteiger partial charge in [-0.15, -0.1) is 0 Å².